The topological polar surface area (TPSA) is 94.8 Å². The van der Waals surface area contributed by atoms with Crippen molar-refractivity contribution in [1.82, 2.24) is 0 Å². The Hall–Kier alpha value is -0.440. The Labute approximate surface area is 153 Å². The molecule has 0 saturated carbocycles. The first-order valence-corrected chi connectivity index (χ1v) is 11.9. The molecule has 2 atom stereocenters. The summed E-state index contributed by atoms with van der Waals surface area (Å²) in [6.45, 7) is 8.40. The summed E-state index contributed by atoms with van der Waals surface area (Å²) in [7, 11) is -7.70. The van der Waals surface area contributed by atoms with Gasteiger partial charge in [-0.15, -0.1) is 0 Å². The van der Waals surface area contributed by atoms with E-state index >= 15 is 0 Å². The van der Waals surface area contributed by atoms with E-state index < -0.39 is 21.0 Å². The minimum absolute atomic E-state index is 0.0751. The van der Waals surface area contributed by atoms with Crippen LogP contribution in [0.25, 0.3) is 0 Å². The Morgan fingerprint density at radius 1 is 0.960 bits per heavy atom. The van der Waals surface area contributed by atoms with E-state index in [0.717, 1.165) is 25.7 Å². The SMILES string of the molecule is CC(C)=CCCC(C)=CCCC(C)=CCCCC([PH](=O)O)P(=O)(O)O. The van der Waals surface area contributed by atoms with Crippen LogP contribution in [0.2, 0.25) is 0 Å². The van der Waals surface area contributed by atoms with Crippen molar-refractivity contribution in [3.05, 3.63) is 34.9 Å². The van der Waals surface area contributed by atoms with Crippen LogP contribution in [0.4, 0.5) is 0 Å². The molecule has 146 valence electrons. The highest BCUT2D eigenvalue weighted by atomic mass is 31.2. The van der Waals surface area contributed by atoms with Gasteiger partial charge in [0.2, 0.25) is 8.03 Å². The molecule has 7 heteroatoms. The van der Waals surface area contributed by atoms with Crippen LogP contribution in [0, 0.1) is 0 Å². The Kier molecular flexibility index (Phi) is 12.6. The van der Waals surface area contributed by atoms with Gasteiger partial charge < -0.3 is 14.7 Å². The average Bonchev–Trinajstić information content (AvgIpc) is 2.44. The van der Waals surface area contributed by atoms with Crippen LogP contribution >= 0.6 is 15.6 Å². The van der Waals surface area contributed by atoms with Crippen molar-refractivity contribution < 1.29 is 23.8 Å². The molecule has 0 saturated heterocycles. The number of allylic oxidation sites excluding steroid dienone is 6. The molecule has 0 bridgehead atoms. The van der Waals surface area contributed by atoms with Crippen molar-refractivity contribution in [2.45, 2.75) is 78.0 Å². The molecular weight excluding hydrogens is 358 g/mol. The standard InChI is InChI=1S/C18H34O5P2/c1-15(2)9-7-11-17(4)13-8-12-16(3)10-5-6-14-18(24(19)20)25(21,22)23/h9-10,13,18,24H,5-8,11-12,14H2,1-4H3,(H,19,20)(H2,21,22,23). The smallest absolute Gasteiger partial charge is 0.337 e. The lowest BCUT2D eigenvalue weighted by atomic mass is 10.1. The minimum atomic E-state index is -4.49. The lowest BCUT2D eigenvalue weighted by Gasteiger charge is -2.14. The highest BCUT2D eigenvalue weighted by Gasteiger charge is 2.32. The van der Waals surface area contributed by atoms with Crippen LogP contribution in [0.15, 0.2) is 34.9 Å². The van der Waals surface area contributed by atoms with Crippen molar-refractivity contribution in [2.24, 2.45) is 0 Å². The van der Waals surface area contributed by atoms with E-state index in [4.69, 9.17) is 14.7 Å². The van der Waals surface area contributed by atoms with Crippen molar-refractivity contribution >= 4 is 15.6 Å². The summed E-state index contributed by atoms with van der Waals surface area (Å²) in [5.41, 5.74) is 3.97. The second-order valence-corrected chi connectivity index (χ2v) is 10.5. The van der Waals surface area contributed by atoms with Gasteiger partial charge in [-0.25, -0.2) is 0 Å². The van der Waals surface area contributed by atoms with Gasteiger partial charge in [0.25, 0.3) is 0 Å². The maximum atomic E-state index is 11.2. The van der Waals surface area contributed by atoms with Crippen molar-refractivity contribution in [3.63, 3.8) is 0 Å². The fraction of sp³-hybridized carbons (Fsp3) is 0.667. The molecule has 0 aromatic rings. The van der Waals surface area contributed by atoms with E-state index in [-0.39, 0.29) is 6.42 Å². The first-order chi connectivity index (χ1) is 11.5. The molecule has 0 aromatic heterocycles. The lowest BCUT2D eigenvalue weighted by molar-refractivity contribution is 0.362. The summed E-state index contributed by atoms with van der Waals surface area (Å²) in [5.74, 6) is 0. The van der Waals surface area contributed by atoms with E-state index in [1.807, 2.05) is 6.92 Å². The summed E-state index contributed by atoms with van der Waals surface area (Å²) in [6.07, 6.45) is 11.9. The highest BCUT2D eigenvalue weighted by molar-refractivity contribution is 7.65. The van der Waals surface area contributed by atoms with Gasteiger partial charge in [-0.2, -0.15) is 0 Å². The van der Waals surface area contributed by atoms with Crippen LogP contribution in [0.5, 0.6) is 0 Å². The third-order valence-corrected chi connectivity index (χ3v) is 7.59. The van der Waals surface area contributed by atoms with Crippen molar-refractivity contribution in [2.75, 3.05) is 0 Å². The van der Waals surface area contributed by atoms with Gasteiger partial charge >= 0.3 is 7.60 Å². The zero-order valence-electron chi connectivity index (χ0n) is 15.9. The molecule has 0 rings (SSSR count). The molecular formula is C18H34O5P2. The summed E-state index contributed by atoms with van der Waals surface area (Å²) in [6, 6.07) is 0. The fourth-order valence-corrected chi connectivity index (χ4v) is 4.55. The van der Waals surface area contributed by atoms with Crippen LogP contribution in [-0.2, 0) is 9.13 Å². The predicted octanol–water partition coefficient (Wildman–Crippen LogP) is 5.55. The van der Waals surface area contributed by atoms with Gasteiger partial charge in [-0.05, 0) is 72.6 Å². The molecule has 3 N–H and O–H groups in total. The van der Waals surface area contributed by atoms with Gasteiger partial charge in [-0.1, -0.05) is 34.9 Å². The van der Waals surface area contributed by atoms with Crippen molar-refractivity contribution in [3.8, 4) is 0 Å². The van der Waals surface area contributed by atoms with Crippen molar-refractivity contribution in [1.29, 1.82) is 0 Å². The summed E-state index contributed by atoms with van der Waals surface area (Å²) >= 11 is 0. The van der Waals surface area contributed by atoms with Gasteiger partial charge in [0.15, 0.2) is 0 Å². The summed E-state index contributed by atoms with van der Waals surface area (Å²) < 4.78 is 22.2. The second kappa shape index (κ2) is 12.8. The maximum Gasteiger partial charge on any atom is 0.337 e. The van der Waals surface area contributed by atoms with Crippen LogP contribution in [0.1, 0.15) is 72.6 Å². The molecule has 0 amide bonds. The molecule has 0 aliphatic heterocycles. The van der Waals surface area contributed by atoms with Crippen LogP contribution in [-0.4, -0.2) is 20.1 Å². The predicted molar refractivity (Wildman–Crippen MR) is 106 cm³/mol. The van der Waals surface area contributed by atoms with Gasteiger partial charge in [-0.3, -0.25) is 9.13 Å². The van der Waals surface area contributed by atoms with E-state index in [2.05, 4.69) is 39.0 Å². The van der Waals surface area contributed by atoms with E-state index in [9.17, 15) is 9.13 Å². The molecule has 0 radical (unpaired) electrons. The minimum Gasteiger partial charge on any atom is -0.346 e. The number of rotatable bonds is 12. The number of unbranched alkanes of at least 4 members (excludes halogenated alkanes) is 1. The Morgan fingerprint density at radius 3 is 1.88 bits per heavy atom. The molecule has 2 unspecified atom stereocenters. The van der Waals surface area contributed by atoms with E-state index in [1.54, 1.807) is 0 Å². The normalized spacial score (nSPS) is 15.8. The fourth-order valence-electron chi connectivity index (χ4n) is 2.43. The van der Waals surface area contributed by atoms with Gasteiger partial charge in [0, 0.05) is 0 Å². The summed E-state index contributed by atoms with van der Waals surface area (Å²) in [4.78, 5) is 27.2. The van der Waals surface area contributed by atoms with Gasteiger partial charge in [0.1, 0.15) is 5.40 Å². The van der Waals surface area contributed by atoms with E-state index in [0.29, 0.717) is 12.8 Å². The Balaban J connectivity index is 4.16. The maximum absolute atomic E-state index is 11.2. The molecule has 0 aliphatic carbocycles. The first-order valence-electron chi connectivity index (χ1n) is 8.76. The Bertz CT molecular complexity index is 554. The molecule has 5 nitrogen and oxygen atoms in total. The van der Waals surface area contributed by atoms with E-state index in [1.165, 1.54) is 16.7 Å². The molecule has 0 aliphatic rings. The lowest BCUT2D eigenvalue weighted by Crippen LogP contribution is -2.03. The number of hydrogen-bond donors (Lipinski definition) is 3. The molecule has 25 heavy (non-hydrogen) atoms. The molecule has 0 heterocycles. The van der Waals surface area contributed by atoms with Crippen LogP contribution in [0.3, 0.4) is 0 Å². The summed E-state index contributed by atoms with van der Waals surface area (Å²) in [5, 5.41) is -1.41. The highest BCUT2D eigenvalue weighted by Crippen LogP contribution is 2.53. The average molecular weight is 392 g/mol. The quantitative estimate of drug-likeness (QED) is 0.230. The van der Waals surface area contributed by atoms with Crippen LogP contribution < -0.4 is 0 Å². The zero-order valence-corrected chi connectivity index (χ0v) is 17.8. The monoisotopic (exact) mass is 392 g/mol. The molecule has 0 fully saturated rings. The molecule has 0 spiro atoms. The zero-order chi connectivity index (χ0) is 19.5. The third kappa shape index (κ3) is 13.4. The second-order valence-electron chi connectivity index (χ2n) is 6.83. The molecule has 0 aromatic carbocycles. The largest absolute Gasteiger partial charge is 0.346 e. The third-order valence-electron chi connectivity index (χ3n) is 3.99. The Morgan fingerprint density at radius 2 is 1.44 bits per heavy atom. The number of hydrogen-bond acceptors (Lipinski definition) is 2. The van der Waals surface area contributed by atoms with Gasteiger partial charge in [0.05, 0.1) is 0 Å². The first kappa shape index (κ1) is 24.6.